The Kier molecular flexibility index (Phi) is 14.9. The van der Waals surface area contributed by atoms with E-state index in [9.17, 15) is 9.59 Å². The number of rotatable bonds is 20. The molecule has 0 bridgehead atoms. The Labute approximate surface area is 216 Å². The van der Waals surface area contributed by atoms with Crippen molar-refractivity contribution in [1.82, 2.24) is 0 Å². The molecule has 4 nitrogen and oxygen atoms in total. The molecule has 192 valence electrons. The van der Waals surface area contributed by atoms with Crippen molar-refractivity contribution in [2.45, 2.75) is 78.1 Å². The smallest absolute Gasteiger partial charge is 0.170 e. The lowest BCUT2D eigenvalue weighted by molar-refractivity contribution is -0.121. The molecule has 0 saturated carbocycles. The molecule has 0 atom stereocenters. The first-order valence-corrected chi connectivity index (χ1v) is 14.2. The van der Waals surface area contributed by atoms with Crippen molar-refractivity contribution in [1.29, 1.82) is 0 Å². The molecule has 0 amide bonds. The van der Waals surface area contributed by atoms with Gasteiger partial charge in [0, 0.05) is 12.8 Å². The minimum absolute atomic E-state index is 0.175. The van der Waals surface area contributed by atoms with Gasteiger partial charge >= 0.3 is 0 Å². The second kappa shape index (κ2) is 18.1. The molecule has 0 heterocycles. The number of unbranched alkanes of at least 4 members (excludes halogenated alkanes) is 6. The summed E-state index contributed by atoms with van der Waals surface area (Å²) in [5.41, 5.74) is 2.28. The van der Waals surface area contributed by atoms with Crippen molar-refractivity contribution < 1.29 is 19.1 Å². The van der Waals surface area contributed by atoms with Gasteiger partial charge in [-0.25, -0.2) is 0 Å². The number of carbonyl (C=O) groups excluding carboxylic acids is 2. The van der Waals surface area contributed by atoms with Crippen LogP contribution >= 0.6 is 11.8 Å². The van der Waals surface area contributed by atoms with Gasteiger partial charge in [-0.1, -0.05) is 49.9 Å². The zero-order chi connectivity index (χ0) is 25.1. The first-order chi connectivity index (χ1) is 17.0. The van der Waals surface area contributed by atoms with Gasteiger partial charge in [-0.15, -0.1) is 0 Å². The van der Waals surface area contributed by atoms with Gasteiger partial charge in [-0.05, 0) is 86.4 Å². The van der Waals surface area contributed by atoms with Crippen LogP contribution in [0.3, 0.4) is 0 Å². The van der Waals surface area contributed by atoms with Crippen LogP contribution in [0.25, 0.3) is 0 Å². The average Bonchev–Trinajstić information content (AvgIpc) is 2.84. The number of aryl methyl sites for hydroxylation is 2. The van der Waals surface area contributed by atoms with E-state index in [-0.39, 0.29) is 24.8 Å². The van der Waals surface area contributed by atoms with Crippen molar-refractivity contribution in [2.75, 3.05) is 24.7 Å². The topological polar surface area (TPSA) is 52.6 Å². The first kappa shape index (κ1) is 29.0. The Morgan fingerprint density at radius 3 is 1.49 bits per heavy atom. The molecule has 0 fully saturated rings. The highest BCUT2D eigenvalue weighted by atomic mass is 32.2. The van der Waals surface area contributed by atoms with E-state index in [1.807, 2.05) is 74.1 Å². The third kappa shape index (κ3) is 14.7. The van der Waals surface area contributed by atoms with Crippen molar-refractivity contribution in [2.24, 2.45) is 0 Å². The van der Waals surface area contributed by atoms with Crippen molar-refractivity contribution in [3.8, 4) is 11.5 Å². The number of thioether (sulfide) groups is 1. The Morgan fingerprint density at radius 1 is 0.629 bits per heavy atom. The molecular weight excluding hydrogens is 456 g/mol. The summed E-state index contributed by atoms with van der Waals surface area (Å²) in [6.07, 6.45) is 10.2. The largest absolute Gasteiger partial charge is 0.486 e. The van der Waals surface area contributed by atoms with Crippen molar-refractivity contribution >= 4 is 23.3 Å². The zero-order valence-corrected chi connectivity index (χ0v) is 22.4. The number of Topliss-reactive ketones (excluding diaryl/α,β-unsaturated/α-hetero) is 2. The van der Waals surface area contributed by atoms with E-state index in [0.717, 1.165) is 48.3 Å². The number of ketones is 2. The lowest BCUT2D eigenvalue weighted by atomic mass is 10.1. The van der Waals surface area contributed by atoms with Gasteiger partial charge in [0.05, 0.1) is 0 Å². The molecular formula is C30H42O4S. The van der Waals surface area contributed by atoms with Gasteiger partial charge in [0.25, 0.3) is 0 Å². The lowest BCUT2D eigenvalue weighted by Crippen LogP contribution is -2.11. The molecule has 0 N–H and O–H groups in total. The second-order valence-electron chi connectivity index (χ2n) is 9.23. The van der Waals surface area contributed by atoms with Crippen molar-refractivity contribution in [3.63, 3.8) is 0 Å². The summed E-state index contributed by atoms with van der Waals surface area (Å²) in [4.78, 5) is 23.9. The van der Waals surface area contributed by atoms with Crippen LogP contribution in [-0.2, 0) is 9.59 Å². The summed E-state index contributed by atoms with van der Waals surface area (Å²) in [6, 6.07) is 15.6. The molecule has 2 aromatic carbocycles. The van der Waals surface area contributed by atoms with Gasteiger partial charge in [0.2, 0.25) is 0 Å². The molecule has 0 aliphatic heterocycles. The highest BCUT2D eigenvalue weighted by Crippen LogP contribution is 2.15. The Morgan fingerprint density at radius 2 is 1.06 bits per heavy atom. The molecule has 0 aromatic heterocycles. The quantitative estimate of drug-likeness (QED) is 0.177. The Bertz CT molecular complexity index is 809. The van der Waals surface area contributed by atoms with Crippen LogP contribution in [0, 0.1) is 13.8 Å². The van der Waals surface area contributed by atoms with Gasteiger partial charge in [0.15, 0.2) is 11.6 Å². The average molecular weight is 499 g/mol. The zero-order valence-electron chi connectivity index (χ0n) is 21.6. The highest BCUT2D eigenvalue weighted by Gasteiger charge is 2.05. The van der Waals surface area contributed by atoms with Crippen LogP contribution in [0.1, 0.15) is 75.3 Å². The summed E-state index contributed by atoms with van der Waals surface area (Å²) in [5.74, 6) is 4.29. The van der Waals surface area contributed by atoms with Gasteiger partial charge < -0.3 is 9.47 Å². The van der Waals surface area contributed by atoms with E-state index in [0.29, 0.717) is 12.8 Å². The van der Waals surface area contributed by atoms with Crippen LogP contribution < -0.4 is 9.47 Å². The molecule has 2 aromatic rings. The minimum Gasteiger partial charge on any atom is -0.486 e. The van der Waals surface area contributed by atoms with E-state index in [4.69, 9.17) is 9.47 Å². The number of hydrogen-bond donors (Lipinski definition) is 0. The van der Waals surface area contributed by atoms with Crippen LogP contribution in [0.4, 0.5) is 0 Å². The maximum absolute atomic E-state index is 12.0. The van der Waals surface area contributed by atoms with Crippen LogP contribution in [0.5, 0.6) is 11.5 Å². The number of benzene rings is 2. The molecule has 0 aliphatic carbocycles. The number of carbonyl (C=O) groups is 2. The van der Waals surface area contributed by atoms with Gasteiger partial charge in [-0.2, -0.15) is 11.8 Å². The van der Waals surface area contributed by atoms with Crippen LogP contribution in [0.15, 0.2) is 48.5 Å². The fourth-order valence-electron chi connectivity index (χ4n) is 3.74. The highest BCUT2D eigenvalue weighted by molar-refractivity contribution is 7.99. The SMILES string of the molecule is Cc1cccc(OCC(=O)CCCCCCSCCCCCCC(=O)COc2cccc(C)c2)c1. The van der Waals surface area contributed by atoms with E-state index >= 15 is 0 Å². The Hall–Kier alpha value is -2.27. The van der Waals surface area contributed by atoms with Gasteiger partial charge in [0.1, 0.15) is 24.7 Å². The third-order valence-corrected chi connectivity index (χ3v) is 6.92. The summed E-state index contributed by atoms with van der Waals surface area (Å²) in [5, 5.41) is 0. The Balaban J connectivity index is 1.32. The monoisotopic (exact) mass is 498 g/mol. The molecule has 0 saturated heterocycles. The van der Waals surface area contributed by atoms with E-state index in [2.05, 4.69) is 0 Å². The fourth-order valence-corrected chi connectivity index (χ4v) is 4.76. The minimum atomic E-state index is 0.175. The predicted molar refractivity (Wildman–Crippen MR) is 147 cm³/mol. The maximum atomic E-state index is 12.0. The predicted octanol–water partition coefficient (Wildman–Crippen LogP) is 7.53. The van der Waals surface area contributed by atoms with Crippen molar-refractivity contribution in [3.05, 3.63) is 59.7 Å². The molecule has 0 spiro atoms. The van der Waals surface area contributed by atoms with E-state index in [1.54, 1.807) is 0 Å². The summed E-state index contributed by atoms with van der Waals surface area (Å²) >= 11 is 2.02. The van der Waals surface area contributed by atoms with E-state index in [1.165, 1.54) is 37.2 Å². The van der Waals surface area contributed by atoms with Crippen LogP contribution in [0.2, 0.25) is 0 Å². The normalized spacial score (nSPS) is 10.8. The molecule has 0 unspecified atom stereocenters. The van der Waals surface area contributed by atoms with Gasteiger partial charge in [-0.3, -0.25) is 9.59 Å². The first-order valence-electron chi connectivity index (χ1n) is 13.0. The number of hydrogen-bond acceptors (Lipinski definition) is 5. The molecule has 2 rings (SSSR count). The van der Waals surface area contributed by atoms with E-state index < -0.39 is 0 Å². The summed E-state index contributed by atoms with van der Waals surface area (Å²) < 4.78 is 11.1. The molecule has 35 heavy (non-hydrogen) atoms. The lowest BCUT2D eigenvalue weighted by Gasteiger charge is -2.06. The second-order valence-corrected chi connectivity index (χ2v) is 10.5. The van der Waals surface area contributed by atoms with Crippen LogP contribution in [-0.4, -0.2) is 36.3 Å². The summed E-state index contributed by atoms with van der Waals surface area (Å²) in [7, 11) is 0. The number of ether oxygens (including phenoxy) is 2. The molecule has 5 heteroatoms. The standard InChI is InChI=1S/C30H42O4S/c1-25-13-11-17-29(21-25)33-23-27(31)15-7-3-5-9-19-35-20-10-6-4-8-16-28(32)24-34-30-18-12-14-26(2)22-30/h11-14,17-18,21-22H,3-10,15-16,19-20,23-24H2,1-2H3. The third-order valence-electron chi connectivity index (χ3n) is 5.77. The molecule has 0 aliphatic rings. The maximum Gasteiger partial charge on any atom is 0.170 e. The summed E-state index contributed by atoms with van der Waals surface area (Å²) in [6.45, 7) is 4.38. The fraction of sp³-hybridized carbons (Fsp3) is 0.533. The molecule has 0 radical (unpaired) electrons.